The number of thiophene rings is 1. The van der Waals surface area contributed by atoms with E-state index in [0.717, 1.165) is 34.6 Å². The molecule has 136 valence electrons. The fourth-order valence-corrected chi connectivity index (χ4v) is 5.94. The van der Waals surface area contributed by atoms with Gasteiger partial charge >= 0.3 is 0 Å². The summed E-state index contributed by atoms with van der Waals surface area (Å²) in [6.45, 7) is 5.00. The molecule has 0 saturated heterocycles. The predicted molar refractivity (Wildman–Crippen MR) is 105 cm³/mol. The molecule has 0 radical (unpaired) electrons. The normalized spacial score (nSPS) is 21.8. The van der Waals surface area contributed by atoms with Gasteiger partial charge in [-0.05, 0) is 30.6 Å². The van der Waals surface area contributed by atoms with E-state index in [2.05, 4.69) is 13.8 Å². The van der Waals surface area contributed by atoms with Crippen LogP contribution in [0, 0.1) is 5.92 Å². The highest BCUT2D eigenvalue weighted by Crippen LogP contribution is 2.37. The first-order valence-electron chi connectivity index (χ1n) is 9.32. The number of hydrogen-bond donors (Lipinski definition) is 0. The highest BCUT2D eigenvalue weighted by Gasteiger charge is 2.29. The lowest BCUT2D eigenvalue weighted by atomic mass is 9.94. The van der Waals surface area contributed by atoms with Crippen molar-refractivity contribution in [2.24, 2.45) is 5.92 Å². The fraction of sp³-hybridized carbons (Fsp3) is 0.684. The second-order valence-corrected chi connectivity index (χ2v) is 9.40. The van der Waals surface area contributed by atoms with Crippen LogP contribution in [-0.2, 0) is 17.8 Å². The highest BCUT2D eigenvalue weighted by molar-refractivity contribution is 7.98. The van der Waals surface area contributed by atoms with Gasteiger partial charge in [-0.2, -0.15) is 0 Å². The van der Waals surface area contributed by atoms with Crippen molar-refractivity contribution in [1.82, 2.24) is 9.55 Å². The van der Waals surface area contributed by atoms with Gasteiger partial charge in [0.2, 0.25) is 0 Å². The summed E-state index contributed by atoms with van der Waals surface area (Å²) in [5, 5.41) is 1.75. The van der Waals surface area contributed by atoms with E-state index >= 15 is 0 Å². The van der Waals surface area contributed by atoms with Crippen molar-refractivity contribution in [2.75, 3.05) is 6.26 Å². The number of nitrogens with zero attached hydrogens (tertiary/aromatic N) is 2. The third-order valence-corrected chi connectivity index (χ3v) is 7.36. The molecule has 0 amide bonds. The zero-order valence-corrected chi connectivity index (χ0v) is 16.8. The largest absolute Gasteiger partial charge is 0.372 e. The molecule has 2 aromatic heterocycles. The molecule has 1 aliphatic carbocycles. The summed E-state index contributed by atoms with van der Waals surface area (Å²) in [7, 11) is 0. The summed E-state index contributed by atoms with van der Waals surface area (Å²) in [6, 6.07) is 0.317. The van der Waals surface area contributed by atoms with Gasteiger partial charge in [-0.1, -0.05) is 44.9 Å². The van der Waals surface area contributed by atoms with Crippen LogP contribution in [0.4, 0.5) is 0 Å². The molecule has 2 aromatic rings. The Balaban J connectivity index is 1.87. The van der Waals surface area contributed by atoms with Crippen molar-refractivity contribution in [3.8, 4) is 0 Å². The molecule has 0 spiro atoms. The van der Waals surface area contributed by atoms with Crippen LogP contribution >= 0.6 is 23.1 Å². The first kappa shape index (κ1) is 17.6. The molecular weight excluding hydrogens is 352 g/mol. The Morgan fingerprint density at radius 2 is 2.04 bits per heavy atom. The molecule has 1 unspecified atom stereocenters. The SMILES string of the molecule is CSc1nc2sc3c(c2c(=O)n1C1CCCCC1)CC(C(C)C)OC3. The number of aromatic nitrogens is 2. The molecule has 1 aliphatic heterocycles. The van der Waals surface area contributed by atoms with Gasteiger partial charge in [0.15, 0.2) is 5.16 Å². The van der Waals surface area contributed by atoms with Crippen LogP contribution in [0.5, 0.6) is 0 Å². The Labute approximate surface area is 157 Å². The van der Waals surface area contributed by atoms with Crippen molar-refractivity contribution < 1.29 is 4.74 Å². The molecular formula is C19H26N2O2S2. The van der Waals surface area contributed by atoms with E-state index < -0.39 is 0 Å². The standard InChI is InChI=1S/C19H26N2O2S2/c1-11(2)14-9-13-15(10-23-14)25-17-16(13)18(22)21(19(20-17)24-3)12-7-5-4-6-8-12/h11-12,14H,4-10H2,1-3H3. The Kier molecular flexibility index (Phi) is 4.95. The summed E-state index contributed by atoms with van der Waals surface area (Å²) < 4.78 is 8.02. The van der Waals surface area contributed by atoms with Crippen molar-refractivity contribution in [3.05, 3.63) is 20.8 Å². The van der Waals surface area contributed by atoms with Gasteiger partial charge in [-0.3, -0.25) is 9.36 Å². The molecule has 25 heavy (non-hydrogen) atoms. The summed E-state index contributed by atoms with van der Waals surface area (Å²) >= 11 is 3.25. The van der Waals surface area contributed by atoms with Gasteiger partial charge in [-0.25, -0.2) is 4.98 Å². The first-order valence-corrected chi connectivity index (χ1v) is 11.4. The maximum Gasteiger partial charge on any atom is 0.263 e. The number of thioether (sulfide) groups is 1. The van der Waals surface area contributed by atoms with E-state index in [4.69, 9.17) is 9.72 Å². The summed E-state index contributed by atoms with van der Waals surface area (Å²) in [5.74, 6) is 0.460. The molecule has 1 saturated carbocycles. The Bertz CT molecular complexity index is 834. The van der Waals surface area contributed by atoms with Crippen LogP contribution in [0.2, 0.25) is 0 Å². The predicted octanol–water partition coefficient (Wildman–Crippen LogP) is 4.78. The minimum Gasteiger partial charge on any atom is -0.372 e. The molecule has 0 bridgehead atoms. The molecule has 2 aliphatic rings. The molecule has 1 atom stereocenters. The van der Waals surface area contributed by atoms with Gasteiger partial charge in [-0.15, -0.1) is 11.3 Å². The van der Waals surface area contributed by atoms with Crippen molar-refractivity contribution in [3.63, 3.8) is 0 Å². The fourth-order valence-electron chi connectivity index (χ4n) is 4.15. The second-order valence-electron chi connectivity index (χ2n) is 7.55. The van der Waals surface area contributed by atoms with Gasteiger partial charge < -0.3 is 4.74 Å². The van der Waals surface area contributed by atoms with Gasteiger partial charge in [0.05, 0.1) is 18.1 Å². The first-order chi connectivity index (χ1) is 12.1. The van der Waals surface area contributed by atoms with Crippen molar-refractivity contribution in [1.29, 1.82) is 0 Å². The lowest BCUT2D eigenvalue weighted by molar-refractivity contribution is 0.00200. The molecule has 1 fully saturated rings. The zero-order chi connectivity index (χ0) is 17.6. The van der Waals surface area contributed by atoms with Gasteiger partial charge in [0.1, 0.15) is 4.83 Å². The number of ether oxygens (including phenoxy) is 1. The second kappa shape index (κ2) is 7.05. The topological polar surface area (TPSA) is 44.1 Å². The van der Waals surface area contributed by atoms with E-state index in [0.29, 0.717) is 18.6 Å². The highest BCUT2D eigenvalue weighted by atomic mass is 32.2. The minimum absolute atomic E-state index is 0.183. The van der Waals surface area contributed by atoms with Crippen LogP contribution in [0.3, 0.4) is 0 Å². The molecule has 4 nitrogen and oxygen atoms in total. The monoisotopic (exact) mass is 378 g/mol. The summed E-state index contributed by atoms with van der Waals surface area (Å²) in [4.78, 5) is 20.5. The zero-order valence-electron chi connectivity index (χ0n) is 15.2. The lowest BCUT2D eigenvalue weighted by Gasteiger charge is -2.27. The van der Waals surface area contributed by atoms with E-state index in [9.17, 15) is 4.79 Å². The van der Waals surface area contributed by atoms with Gasteiger partial charge in [0, 0.05) is 17.3 Å². The third-order valence-electron chi connectivity index (χ3n) is 5.61. The summed E-state index contributed by atoms with van der Waals surface area (Å²) in [6.07, 6.45) is 8.99. The van der Waals surface area contributed by atoms with E-state index in [1.165, 1.54) is 29.7 Å². The average Bonchev–Trinajstić information content (AvgIpc) is 2.99. The number of hydrogen-bond acceptors (Lipinski definition) is 5. The Hall–Kier alpha value is -0.850. The molecule has 0 aromatic carbocycles. The maximum absolute atomic E-state index is 13.5. The summed E-state index contributed by atoms with van der Waals surface area (Å²) in [5.41, 5.74) is 1.39. The molecule has 3 heterocycles. The van der Waals surface area contributed by atoms with E-state index in [1.54, 1.807) is 23.1 Å². The smallest absolute Gasteiger partial charge is 0.263 e. The quantitative estimate of drug-likeness (QED) is 0.569. The van der Waals surface area contributed by atoms with Crippen molar-refractivity contribution >= 4 is 33.3 Å². The third kappa shape index (κ3) is 3.06. The van der Waals surface area contributed by atoms with Crippen LogP contribution in [0.1, 0.15) is 62.4 Å². The maximum atomic E-state index is 13.5. The van der Waals surface area contributed by atoms with Crippen LogP contribution in [0.15, 0.2) is 9.95 Å². The van der Waals surface area contributed by atoms with Crippen LogP contribution < -0.4 is 5.56 Å². The Morgan fingerprint density at radius 3 is 2.72 bits per heavy atom. The number of rotatable bonds is 3. The van der Waals surface area contributed by atoms with Crippen molar-refractivity contribution in [2.45, 2.75) is 76.3 Å². The minimum atomic E-state index is 0.183. The van der Waals surface area contributed by atoms with Crippen LogP contribution in [-0.4, -0.2) is 21.9 Å². The lowest BCUT2D eigenvalue weighted by Crippen LogP contribution is -2.30. The van der Waals surface area contributed by atoms with E-state index in [-0.39, 0.29) is 11.7 Å². The average molecular weight is 379 g/mol. The van der Waals surface area contributed by atoms with Gasteiger partial charge in [0.25, 0.3) is 5.56 Å². The number of fused-ring (bicyclic) bond motifs is 3. The van der Waals surface area contributed by atoms with E-state index in [1.807, 2.05) is 10.8 Å². The van der Waals surface area contributed by atoms with Crippen LogP contribution in [0.25, 0.3) is 10.2 Å². The molecule has 0 N–H and O–H groups in total. The Morgan fingerprint density at radius 1 is 1.28 bits per heavy atom. The molecule has 4 rings (SSSR count). The molecule has 6 heteroatoms.